The van der Waals surface area contributed by atoms with E-state index in [4.69, 9.17) is 15.6 Å². The van der Waals surface area contributed by atoms with E-state index in [-0.39, 0.29) is 42.3 Å². The number of fused-ring (bicyclic) bond motifs is 2. The molecule has 17 heteroatoms. The van der Waals surface area contributed by atoms with E-state index in [9.17, 15) is 23.6 Å². The Balaban J connectivity index is 0.715. The average molecular weight is 856 g/mol. The summed E-state index contributed by atoms with van der Waals surface area (Å²) in [6.07, 6.45) is 6.33. The lowest BCUT2D eigenvalue weighted by Crippen LogP contribution is -2.59. The van der Waals surface area contributed by atoms with Crippen molar-refractivity contribution in [3.8, 4) is 17.0 Å². The van der Waals surface area contributed by atoms with Gasteiger partial charge in [0.05, 0.1) is 24.1 Å². The van der Waals surface area contributed by atoms with Crippen molar-refractivity contribution < 1.29 is 28.3 Å². The zero-order valence-electron chi connectivity index (χ0n) is 35.1. The number of imide groups is 1. The van der Waals surface area contributed by atoms with E-state index >= 15 is 0 Å². The van der Waals surface area contributed by atoms with Gasteiger partial charge in [0.2, 0.25) is 11.8 Å². The molecular formula is C46H50FN11O5. The minimum Gasteiger partial charge on any atom is -0.496 e. The van der Waals surface area contributed by atoms with Gasteiger partial charge in [-0.2, -0.15) is 5.10 Å². The number of anilines is 2. The molecule has 4 N–H and O–H groups in total. The van der Waals surface area contributed by atoms with Gasteiger partial charge in [-0.1, -0.05) is 24.3 Å². The Morgan fingerprint density at radius 3 is 2.37 bits per heavy atom. The highest BCUT2D eigenvalue weighted by molar-refractivity contribution is 6.05. The first kappa shape index (κ1) is 40.6. The maximum Gasteiger partial charge on any atom is 0.255 e. The first-order valence-corrected chi connectivity index (χ1v) is 21.8. The smallest absolute Gasteiger partial charge is 0.255 e. The molecule has 326 valence electrons. The third kappa shape index (κ3) is 7.73. The van der Waals surface area contributed by atoms with Crippen molar-refractivity contribution in [1.82, 2.24) is 45.1 Å². The molecule has 0 unspecified atom stereocenters. The Bertz CT molecular complexity index is 2600. The van der Waals surface area contributed by atoms with Crippen LogP contribution in [0.5, 0.6) is 5.75 Å². The van der Waals surface area contributed by atoms with E-state index in [0.29, 0.717) is 42.2 Å². The van der Waals surface area contributed by atoms with Crippen LogP contribution >= 0.6 is 0 Å². The van der Waals surface area contributed by atoms with E-state index in [1.54, 1.807) is 4.90 Å². The Hall–Kier alpha value is -6.46. The lowest BCUT2D eigenvalue weighted by Gasteiger charge is -2.51. The lowest BCUT2D eigenvalue weighted by atomic mass is 9.82. The van der Waals surface area contributed by atoms with E-state index in [2.05, 4.69) is 41.4 Å². The SMILES string of the molecule is COc1ccc(F)cc1C(=O)NCc1ccc(-c2nn(C3CCN(C4CC(N5CCN(c6ccc7c(c6)CN([C@H]6CCC(=O)NC6=O)C7=O)CC5)C4)CC3)c3ncnc(N)c23)cc1. The summed E-state index contributed by atoms with van der Waals surface area (Å²) in [5.41, 5.74) is 12.4. The summed E-state index contributed by atoms with van der Waals surface area (Å²) < 4.78 is 21.1. The van der Waals surface area contributed by atoms with Gasteiger partial charge in [0, 0.05) is 87.7 Å². The van der Waals surface area contributed by atoms with Crippen LogP contribution in [0.25, 0.3) is 22.3 Å². The normalized spacial score (nSPS) is 22.3. The highest BCUT2D eigenvalue weighted by atomic mass is 19.1. The Morgan fingerprint density at radius 1 is 0.889 bits per heavy atom. The summed E-state index contributed by atoms with van der Waals surface area (Å²) in [5, 5.41) is 11.1. The van der Waals surface area contributed by atoms with E-state index in [1.807, 2.05) is 41.1 Å². The van der Waals surface area contributed by atoms with Crippen LogP contribution in [-0.4, -0.2) is 123 Å². The standard InChI is InChI=1S/C46H50FN11O5/c1-63-38-10-6-30(47)21-36(38)44(60)49-24-27-2-4-28(5-3-27)41-40-42(48)50-26-51-43(40)58(53-41)31-12-14-54(15-13-31)33-22-34(23-33)56-18-16-55(17-19-56)32-7-8-35-29(20-32)25-57(46(35)62)37-9-11-39(59)52-45(37)61/h2-8,10,20-21,26,31,33-34,37H,9,11-19,22-25H2,1H3,(H,49,60)(H2,48,50,51)(H,52,59,61)/t33?,34?,37-/m0/s1. The molecular weight excluding hydrogens is 806 g/mol. The van der Waals surface area contributed by atoms with Crippen molar-refractivity contribution in [1.29, 1.82) is 0 Å². The third-order valence-corrected chi connectivity index (χ3v) is 13.8. The number of nitrogens with zero attached hydrogens (tertiary/aromatic N) is 8. The van der Waals surface area contributed by atoms with Crippen molar-refractivity contribution in [2.45, 2.75) is 75.8 Å². The second kappa shape index (κ2) is 16.7. The molecule has 4 aliphatic heterocycles. The maximum absolute atomic E-state index is 13.9. The van der Waals surface area contributed by atoms with E-state index in [1.165, 1.54) is 38.4 Å². The van der Waals surface area contributed by atoms with Crippen LogP contribution in [0.2, 0.25) is 0 Å². The molecule has 1 atom stereocenters. The van der Waals surface area contributed by atoms with Crippen molar-refractivity contribution in [2.24, 2.45) is 0 Å². The number of amides is 4. The summed E-state index contributed by atoms with van der Waals surface area (Å²) in [4.78, 5) is 68.4. The molecule has 16 nitrogen and oxygen atoms in total. The van der Waals surface area contributed by atoms with Crippen molar-refractivity contribution in [3.63, 3.8) is 0 Å². The number of piperidine rings is 2. The number of carbonyl (C=O) groups excluding carboxylic acids is 4. The van der Waals surface area contributed by atoms with Gasteiger partial charge in [-0.15, -0.1) is 0 Å². The number of halogens is 1. The fourth-order valence-corrected chi connectivity index (χ4v) is 10.1. The third-order valence-electron chi connectivity index (χ3n) is 13.8. The van der Waals surface area contributed by atoms with Crippen LogP contribution in [0.4, 0.5) is 15.9 Å². The molecule has 3 saturated heterocycles. The fourth-order valence-electron chi connectivity index (χ4n) is 10.1. The van der Waals surface area contributed by atoms with Crippen LogP contribution in [0.1, 0.15) is 76.4 Å². The number of methoxy groups -OCH3 is 1. The lowest BCUT2D eigenvalue weighted by molar-refractivity contribution is -0.136. The Kier molecular flexibility index (Phi) is 10.7. The van der Waals surface area contributed by atoms with Gasteiger partial charge in [-0.25, -0.2) is 19.0 Å². The molecule has 1 saturated carbocycles. The van der Waals surface area contributed by atoms with Crippen LogP contribution in [0, 0.1) is 5.82 Å². The van der Waals surface area contributed by atoms with E-state index in [0.717, 1.165) is 97.3 Å². The number of hydrogen-bond donors (Lipinski definition) is 3. The van der Waals surface area contributed by atoms with Crippen molar-refractivity contribution in [3.05, 3.63) is 95.1 Å². The summed E-state index contributed by atoms with van der Waals surface area (Å²) >= 11 is 0. The Morgan fingerprint density at radius 2 is 1.63 bits per heavy atom. The average Bonchev–Trinajstić information content (AvgIpc) is 3.84. The summed E-state index contributed by atoms with van der Waals surface area (Å²) in [6.45, 7) is 6.41. The molecule has 3 aromatic carbocycles. The topological polar surface area (TPSA) is 184 Å². The molecule has 0 spiro atoms. The minimum absolute atomic E-state index is 0.133. The fraction of sp³-hybridized carbons (Fsp3) is 0.413. The molecule has 1 aliphatic carbocycles. The van der Waals surface area contributed by atoms with Crippen molar-refractivity contribution >= 4 is 46.2 Å². The number of nitrogen functional groups attached to an aromatic ring is 1. The quantitative estimate of drug-likeness (QED) is 0.173. The van der Waals surface area contributed by atoms with Crippen molar-refractivity contribution in [2.75, 3.05) is 57.0 Å². The summed E-state index contributed by atoms with van der Waals surface area (Å²) in [5.74, 6) is -1.08. The number of aromatic nitrogens is 4. The largest absolute Gasteiger partial charge is 0.496 e. The van der Waals surface area contributed by atoms with Gasteiger partial charge in [-0.3, -0.25) is 29.4 Å². The predicted octanol–water partition coefficient (Wildman–Crippen LogP) is 3.90. The predicted molar refractivity (Wildman–Crippen MR) is 232 cm³/mol. The minimum atomic E-state index is -0.609. The number of hydrogen-bond acceptors (Lipinski definition) is 12. The van der Waals surface area contributed by atoms with Gasteiger partial charge in [0.25, 0.3) is 11.8 Å². The molecule has 10 rings (SSSR count). The number of piperazine rings is 1. The molecule has 0 bridgehead atoms. The van der Waals surface area contributed by atoms with Gasteiger partial charge in [-0.05, 0) is 79.6 Å². The number of rotatable bonds is 10. The highest BCUT2D eigenvalue weighted by Gasteiger charge is 2.41. The zero-order chi connectivity index (χ0) is 43.4. The van der Waals surface area contributed by atoms with Gasteiger partial charge in [0.1, 0.15) is 35.4 Å². The second-order valence-electron chi connectivity index (χ2n) is 17.3. The number of nitrogens with one attached hydrogen (secondary N) is 2. The van der Waals surface area contributed by atoms with Gasteiger partial charge in [0.15, 0.2) is 5.65 Å². The van der Waals surface area contributed by atoms with E-state index < -0.39 is 17.8 Å². The van der Waals surface area contributed by atoms with Gasteiger partial charge < -0.3 is 30.5 Å². The molecule has 2 aromatic heterocycles. The van der Waals surface area contributed by atoms with Gasteiger partial charge >= 0.3 is 0 Å². The summed E-state index contributed by atoms with van der Waals surface area (Å²) in [6, 6.07) is 18.3. The monoisotopic (exact) mass is 855 g/mol. The number of benzene rings is 3. The first-order chi connectivity index (χ1) is 30.6. The molecule has 4 fully saturated rings. The highest BCUT2D eigenvalue weighted by Crippen LogP contribution is 2.38. The Labute approximate surface area is 363 Å². The molecule has 5 aliphatic rings. The molecule has 6 heterocycles. The number of nitrogens with two attached hydrogens (primary N) is 1. The molecule has 4 amide bonds. The molecule has 5 aromatic rings. The first-order valence-electron chi connectivity index (χ1n) is 21.8. The number of carbonyl (C=O) groups is 4. The van der Waals surface area contributed by atoms with Crippen LogP contribution in [-0.2, 0) is 22.7 Å². The van der Waals surface area contributed by atoms with Crippen LogP contribution in [0.15, 0.2) is 67.0 Å². The maximum atomic E-state index is 13.9. The number of ether oxygens (including phenoxy) is 1. The second-order valence-corrected chi connectivity index (χ2v) is 17.3. The molecule has 0 radical (unpaired) electrons. The van der Waals surface area contributed by atoms with Crippen LogP contribution < -0.4 is 26.0 Å². The molecule has 63 heavy (non-hydrogen) atoms. The summed E-state index contributed by atoms with van der Waals surface area (Å²) in [7, 11) is 1.44. The van der Waals surface area contributed by atoms with Crippen LogP contribution in [0.3, 0.4) is 0 Å². The zero-order valence-corrected chi connectivity index (χ0v) is 35.1. The number of likely N-dealkylation sites (tertiary alicyclic amines) is 1.